The molecule has 0 saturated carbocycles. The quantitative estimate of drug-likeness (QED) is 0.693. The van der Waals surface area contributed by atoms with Crippen molar-refractivity contribution in [3.63, 3.8) is 0 Å². The molecule has 19 heavy (non-hydrogen) atoms. The number of ether oxygens (including phenoxy) is 1. The van der Waals surface area contributed by atoms with Gasteiger partial charge in [0.1, 0.15) is 5.82 Å². The number of carbonyl (C=O) groups excluding carboxylic acids is 2. The van der Waals surface area contributed by atoms with Crippen molar-refractivity contribution in [2.75, 3.05) is 32.6 Å². The van der Waals surface area contributed by atoms with Crippen molar-refractivity contribution < 1.29 is 19.4 Å². The van der Waals surface area contributed by atoms with Crippen molar-refractivity contribution >= 4 is 17.7 Å². The molecule has 1 aromatic rings. The molecular weight excluding hydrogens is 250 g/mol. The van der Waals surface area contributed by atoms with Crippen LogP contribution in [0.2, 0.25) is 0 Å². The number of pyridine rings is 1. The number of hydrogen-bond donors (Lipinski definition) is 2. The van der Waals surface area contributed by atoms with Gasteiger partial charge < -0.3 is 20.1 Å². The summed E-state index contributed by atoms with van der Waals surface area (Å²) in [6, 6.07) is 3.31. The largest absolute Gasteiger partial charge is 0.467 e. The SMILES string of the molecule is COC(=O)C(O)CNC(=O)c1ccc(N(C)C)nc1. The van der Waals surface area contributed by atoms with E-state index in [0.717, 1.165) is 12.9 Å². The molecule has 0 fully saturated rings. The lowest BCUT2D eigenvalue weighted by Crippen LogP contribution is -2.37. The van der Waals surface area contributed by atoms with Crippen molar-refractivity contribution in [3.8, 4) is 0 Å². The lowest BCUT2D eigenvalue weighted by Gasteiger charge is -2.12. The van der Waals surface area contributed by atoms with E-state index < -0.39 is 18.0 Å². The summed E-state index contributed by atoms with van der Waals surface area (Å²) in [6.07, 6.45) is 0.0535. The molecule has 0 spiro atoms. The summed E-state index contributed by atoms with van der Waals surface area (Å²) >= 11 is 0. The van der Waals surface area contributed by atoms with E-state index in [2.05, 4.69) is 15.0 Å². The zero-order valence-electron chi connectivity index (χ0n) is 11.1. The standard InChI is InChI=1S/C12H17N3O4/c1-15(2)10-5-4-8(6-13-10)11(17)14-7-9(16)12(18)19-3/h4-6,9,16H,7H2,1-3H3,(H,14,17). The Labute approximate surface area is 111 Å². The molecule has 104 valence electrons. The highest BCUT2D eigenvalue weighted by molar-refractivity contribution is 5.94. The molecule has 0 bridgehead atoms. The summed E-state index contributed by atoms with van der Waals surface area (Å²) in [5.74, 6) is -0.478. The van der Waals surface area contributed by atoms with E-state index in [9.17, 15) is 14.7 Å². The topological polar surface area (TPSA) is 91.8 Å². The Balaban J connectivity index is 2.56. The average Bonchev–Trinajstić information content (AvgIpc) is 2.43. The molecule has 0 radical (unpaired) electrons. The monoisotopic (exact) mass is 267 g/mol. The van der Waals surface area contributed by atoms with Gasteiger partial charge in [-0.05, 0) is 12.1 Å². The maximum atomic E-state index is 11.7. The highest BCUT2D eigenvalue weighted by atomic mass is 16.5. The van der Waals surface area contributed by atoms with Crippen LogP contribution in [0.1, 0.15) is 10.4 Å². The summed E-state index contributed by atoms with van der Waals surface area (Å²) in [4.78, 5) is 28.5. The van der Waals surface area contributed by atoms with Crippen LogP contribution in [0, 0.1) is 0 Å². The number of aliphatic hydroxyl groups is 1. The second-order valence-electron chi connectivity index (χ2n) is 4.05. The summed E-state index contributed by atoms with van der Waals surface area (Å²) in [5.41, 5.74) is 0.350. The molecule has 0 aliphatic carbocycles. The van der Waals surface area contributed by atoms with Crippen molar-refractivity contribution in [1.29, 1.82) is 0 Å². The Bertz CT molecular complexity index is 445. The molecule has 1 heterocycles. The van der Waals surface area contributed by atoms with Gasteiger partial charge in [0.15, 0.2) is 6.10 Å². The number of nitrogens with zero attached hydrogens (tertiary/aromatic N) is 2. The number of esters is 1. The van der Waals surface area contributed by atoms with E-state index in [1.165, 1.54) is 6.20 Å². The van der Waals surface area contributed by atoms with Crippen molar-refractivity contribution in [3.05, 3.63) is 23.9 Å². The normalized spacial score (nSPS) is 11.6. The van der Waals surface area contributed by atoms with Crippen LogP contribution in [0.25, 0.3) is 0 Å². The summed E-state index contributed by atoms with van der Waals surface area (Å²) < 4.78 is 4.33. The molecule has 7 heteroatoms. The van der Waals surface area contributed by atoms with Gasteiger partial charge in [-0.25, -0.2) is 9.78 Å². The number of methoxy groups -OCH3 is 1. The number of nitrogens with one attached hydrogen (secondary N) is 1. The van der Waals surface area contributed by atoms with Crippen molar-refractivity contribution in [2.45, 2.75) is 6.10 Å². The van der Waals surface area contributed by atoms with E-state index in [1.54, 1.807) is 12.1 Å². The van der Waals surface area contributed by atoms with Gasteiger partial charge >= 0.3 is 5.97 Å². The van der Waals surface area contributed by atoms with E-state index >= 15 is 0 Å². The minimum atomic E-state index is -1.37. The molecule has 2 N–H and O–H groups in total. The van der Waals surface area contributed by atoms with E-state index in [-0.39, 0.29) is 6.54 Å². The van der Waals surface area contributed by atoms with Crippen molar-refractivity contribution in [1.82, 2.24) is 10.3 Å². The lowest BCUT2D eigenvalue weighted by molar-refractivity contribution is -0.149. The Hall–Kier alpha value is -2.15. The van der Waals surface area contributed by atoms with Gasteiger partial charge in [-0.1, -0.05) is 0 Å². The molecule has 1 aromatic heterocycles. The van der Waals surface area contributed by atoms with Crippen LogP contribution in [0.3, 0.4) is 0 Å². The van der Waals surface area contributed by atoms with Crippen LogP contribution in [-0.2, 0) is 9.53 Å². The fourth-order valence-corrected chi connectivity index (χ4v) is 1.30. The third kappa shape index (κ3) is 4.22. The molecule has 1 rings (SSSR count). The van der Waals surface area contributed by atoms with Crippen molar-refractivity contribution in [2.24, 2.45) is 0 Å². The number of hydrogen-bond acceptors (Lipinski definition) is 6. The fourth-order valence-electron chi connectivity index (χ4n) is 1.30. The van der Waals surface area contributed by atoms with Gasteiger partial charge in [-0.2, -0.15) is 0 Å². The smallest absolute Gasteiger partial charge is 0.336 e. The maximum absolute atomic E-state index is 11.7. The van der Waals surface area contributed by atoms with E-state index in [0.29, 0.717) is 5.56 Å². The van der Waals surface area contributed by atoms with Crippen LogP contribution in [-0.4, -0.2) is 55.8 Å². The van der Waals surface area contributed by atoms with Gasteiger partial charge in [0.25, 0.3) is 5.91 Å². The number of rotatable bonds is 5. The Kier molecular flexibility index (Phi) is 5.25. The summed E-state index contributed by atoms with van der Waals surface area (Å²) in [7, 11) is 4.85. The Morgan fingerprint density at radius 2 is 2.16 bits per heavy atom. The number of carbonyl (C=O) groups is 2. The fraction of sp³-hybridized carbons (Fsp3) is 0.417. The molecule has 1 atom stereocenters. The summed E-state index contributed by atoms with van der Waals surface area (Å²) in [5, 5.41) is 11.7. The first-order chi connectivity index (χ1) is 8.95. The van der Waals surface area contributed by atoms with E-state index in [1.807, 2.05) is 19.0 Å². The minimum absolute atomic E-state index is 0.207. The Morgan fingerprint density at radius 3 is 2.63 bits per heavy atom. The number of aromatic nitrogens is 1. The first-order valence-electron chi connectivity index (χ1n) is 5.63. The van der Waals surface area contributed by atoms with Gasteiger partial charge in [0.2, 0.25) is 0 Å². The Morgan fingerprint density at radius 1 is 1.47 bits per heavy atom. The van der Waals surface area contributed by atoms with Gasteiger partial charge in [0, 0.05) is 20.3 Å². The van der Waals surface area contributed by atoms with Crippen LogP contribution in [0.5, 0.6) is 0 Å². The van der Waals surface area contributed by atoms with Crippen LogP contribution < -0.4 is 10.2 Å². The summed E-state index contributed by atoms with van der Waals surface area (Å²) in [6.45, 7) is -0.207. The third-order valence-corrected chi connectivity index (χ3v) is 2.40. The molecule has 1 amide bonds. The second-order valence-corrected chi connectivity index (χ2v) is 4.05. The molecule has 0 aromatic carbocycles. The highest BCUT2D eigenvalue weighted by Gasteiger charge is 2.16. The van der Waals surface area contributed by atoms with Gasteiger partial charge in [-0.15, -0.1) is 0 Å². The predicted octanol–water partition coefficient (Wildman–Crippen LogP) is -0.589. The minimum Gasteiger partial charge on any atom is -0.467 e. The molecule has 1 unspecified atom stereocenters. The third-order valence-electron chi connectivity index (χ3n) is 2.40. The van der Waals surface area contributed by atoms with Gasteiger partial charge in [-0.3, -0.25) is 4.79 Å². The first-order valence-corrected chi connectivity index (χ1v) is 5.63. The number of aliphatic hydroxyl groups excluding tert-OH is 1. The predicted molar refractivity (Wildman–Crippen MR) is 68.9 cm³/mol. The van der Waals surface area contributed by atoms with Gasteiger partial charge in [0.05, 0.1) is 19.2 Å². The van der Waals surface area contributed by atoms with Crippen LogP contribution >= 0.6 is 0 Å². The molecule has 0 aliphatic rings. The van der Waals surface area contributed by atoms with Crippen LogP contribution in [0.15, 0.2) is 18.3 Å². The zero-order valence-corrected chi connectivity index (χ0v) is 11.1. The van der Waals surface area contributed by atoms with Crippen LogP contribution in [0.4, 0.5) is 5.82 Å². The maximum Gasteiger partial charge on any atom is 0.336 e. The molecular formula is C12H17N3O4. The highest BCUT2D eigenvalue weighted by Crippen LogP contribution is 2.07. The zero-order chi connectivity index (χ0) is 14.4. The molecule has 0 aliphatic heterocycles. The number of amides is 1. The second kappa shape index (κ2) is 6.69. The first kappa shape index (κ1) is 14.9. The molecule has 7 nitrogen and oxygen atoms in total. The lowest BCUT2D eigenvalue weighted by atomic mass is 10.2. The molecule has 0 saturated heterocycles. The van der Waals surface area contributed by atoms with E-state index in [4.69, 9.17) is 0 Å². The average molecular weight is 267 g/mol. The number of anilines is 1.